The molecular weight excluding hydrogens is 356 g/mol. The van der Waals surface area contributed by atoms with Crippen LogP contribution in [0.4, 0.5) is 17.3 Å². The summed E-state index contributed by atoms with van der Waals surface area (Å²) < 4.78 is 0. The quantitative estimate of drug-likeness (QED) is 0.595. The standard InChI is InChI=1S/C20H24N6O2/c1-23-11-13-25(14-12-23)20-18(26(27)28)19(21-15-22-20)24-9-7-17(8-10-24)16-5-3-2-4-6-16/h2-7,15H,8-14H2,1H3. The smallest absolute Gasteiger partial charge is 0.348 e. The first kappa shape index (κ1) is 18.4. The van der Waals surface area contributed by atoms with Crippen LogP contribution in [0.15, 0.2) is 42.7 Å². The van der Waals surface area contributed by atoms with Crippen molar-refractivity contribution in [3.05, 3.63) is 58.4 Å². The van der Waals surface area contributed by atoms with E-state index in [4.69, 9.17) is 0 Å². The highest BCUT2D eigenvalue weighted by Gasteiger charge is 2.31. The van der Waals surface area contributed by atoms with Gasteiger partial charge < -0.3 is 14.7 Å². The number of piperazine rings is 1. The molecule has 8 nitrogen and oxygen atoms in total. The summed E-state index contributed by atoms with van der Waals surface area (Å²) in [4.78, 5) is 26.4. The van der Waals surface area contributed by atoms with Crippen LogP contribution in [0.5, 0.6) is 0 Å². The van der Waals surface area contributed by atoms with Gasteiger partial charge in [0.05, 0.1) is 4.92 Å². The van der Waals surface area contributed by atoms with Gasteiger partial charge in [-0.3, -0.25) is 10.1 Å². The summed E-state index contributed by atoms with van der Waals surface area (Å²) in [5.41, 5.74) is 2.49. The number of rotatable bonds is 4. The third-order valence-electron chi connectivity index (χ3n) is 5.42. The SMILES string of the molecule is CN1CCN(c2ncnc(N3CC=C(c4ccccc4)CC3)c2[N+](=O)[O-])CC1. The highest BCUT2D eigenvalue weighted by atomic mass is 16.6. The number of aromatic nitrogens is 2. The summed E-state index contributed by atoms with van der Waals surface area (Å²) in [6.45, 7) is 4.48. The van der Waals surface area contributed by atoms with Crippen LogP contribution in [0.3, 0.4) is 0 Å². The lowest BCUT2D eigenvalue weighted by molar-refractivity contribution is -0.383. The van der Waals surface area contributed by atoms with E-state index in [-0.39, 0.29) is 10.6 Å². The Kier molecular flexibility index (Phi) is 5.21. The number of benzene rings is 1. The summed E-state index contributed by atoms with van der Waals surface area (Å²) in [5, 5.41) is 11.9. The lowest BCUT2D eigenvalue weighted by Gasteiger charge is -2.33. The normalized spacial score (nSPS) is 18.1. The maximum absolute atomic E-state index is 11.9. The lowest BCUT2D eigenvalue weighted by atomic mass is 9.99. The topological polar surface area (TPSA) is 78.6 Å². The van der Waals surface area contributed by atoms with Crippen molar-refractivity contribution in [1.29, 1.82) is 0 Å². The van der Waals surface area contributed by atoms with E-state index in [9.17, 15) is 10.1 Å². The molecule has 0 spiro atoms. The number of hydrogen-bond acceptors (Lipinski definition) is 7. The van der Waals surface area contributed by atoms with Crippen LogP contribution in [0, 0.1) is 10.1 Å². The van der Waals surface area contributed by atoms with Crippen LogP contribution in [-0.2, 0) is 0 Å². The molecule has 1 fully saturated rings. The Morgan fingerprint density at radius 3 is 2.25 bits per heavy atom. The molecule has 0 aliphatic carbocycles. The second-order valence-corrected chi connectivity index (χ2v) is 7.21. The Bertz CT molecular complexity index is 878. The second-order valence-electron chi connectivity index (χ2n) is 7.21. The molecule has 2 aliphatic rings. The van der Waals surface area contributed by atoms with Gasteiger partial charge in [-0.15, -0.1) is 0 Å². The Morgan fingerprint density at radius 1 is 0.964 bits per heavy atom. The number of nitrogens with zero attached hydrogens (tertiary/aromatic N) is 6. The van der Waals surface area contributed by atoms with E-state index in [0.29, 0.717) is 24.7 Å². The summed E-state index contributed by atoms with van der Waals surface area (Å²) in [6.07, 6.45) is 4.42. The molecule has 1 aromatic heterocycles. The van der Waals surface area contributed by atoms with Crippen LogP contribution in [0.25, 0.3) is 5.57 Å². The molecule has 0 saturated carbocycles. The third-order valence-corrected chi connectivity index (χ3v) is 5.42. The van der Waals surface area contributed by atoms with Crippen LogP contribution in [0.1, 0.15) is 12.0 Å². The van der Waals surface area contributed by atoms with E-state index in [1.54, 1.807) is 0 Å². The van der Waals surface area contributed by atoms with Crippen LogP contribution in [-0.4, -0.2) is 66.1 Å². The number of hydrogen-bond donors (Lipinski definition) is 0. The zero-order valence-corrected chi connectivity index (χ0v) is 16.0. The number of likely N-dealkylation sites (N-methyl/N-ethyl adjacent to an activating group) is 1. The summed E-state index contributed by atoms with van der Waals surface area (Å²) in [6, 6.07) is 10.3. The van der Waals surface area contributed by atoms with E-state index in [0.717, 1.165) is 32.6 Å². The molecule has 0 N–H and O–H groups in total. The maximum Gasteiger partial charge on any atom is 0.353 e. The predicted molar refractivity (Wildman–Crippen MR) is 110 cm³/mol. The van der Waals surface area contributed by atoms with Crippen molar-refractivity contribution in [2.75, 3.05) is 56.1 Å². The zero-order valence-electron chi connectivity index (χ0n) is 16.0. The molecule has 0 radical (unpaired) electrons. The molecule has 0 unspecified atom stereocenters. The molecule has 1 saturated heterocycles. The summed E-state index contributed by atoms with van der Waals surface area (Å²) in [7, 11) is 2.06. The van der Waals surface area contributed by atoms with Gasteiger partial charge in [0.2, 0.25) is 11.6 Å². The fourth-order valence-corrected chi connectivity index (χ4v) is 3.78. The van der Waals surface area contributed by atoms with Gasteiger partial charge >= 0.3 is 5.69 Å². The summed E-state index contributed by atoms with van der Waals surface area (Å²) >= 11 is 0. The monoisotopic (exact) mass is 380 g/mol. The first-order valence-electron chi connectivity index (χ1n) is 9.56. The molecule has 3 heterocycles. The average Bonchev–Trinajstić information content (AvgIpc) is 2.74. The number of anilines is 2. The van der Waals surface area contributed by atoms with Gasteiger partial charge in [0.1, 0.15) is 6.33 Å². The highest BCUT2D eigenvalue weighted by Crippen LogP contribution is 2.36. The second kappa shape index (κ2) is 7.93. The Hall–Kier alpha value is -3.00. The van der Waals surface area contributed by atoms with Crippen LogP contribution >= 0.6 is 0 Å². The Labute approximate surface area is 164 Å². The van der Waals surface area contributed by atoms with Gasteiger partial charge in [-0.05, 0) is 24.6 Å². The van der Waals surface area contributed by atoms with Crippen molar-refractivity contribution in [1.82, 2.24) is 14.9 Å². The first-order valence-corrected chi connectivity index (χ1v) is 9.56. The van der Waals surface area contributed by atoms with Crippen molar-refractivity contribution in [2.24, 2.45) is 0 Å². The minimum atomic E-state index is -0.334. The van der Waals surface area contributed by atoms with Crippen molar-refractivity contribution in [2.45, 2.75) is 6.42 Å². The largest absolute Gasteiger partial charge is 0.353 e. The average molecular weight is 380 g/mol. The maximum atomic E-state index is 11.9. The van der Waals surface area contributed by atoms with Crippen LogP contribution < -0.4 is 9.80 Å². The van der Waals surface area contributed by atoms with Gasteiger partial charge in [0.15, 0.2) is 0 Å². The van der Waals surface area contributed by atoms with E-state index in [1.165, 1.54) is 17.5 Å². The Morgan fingerprint density at radius 2 is 1.64 bits per heavy atom. The highest BCUT2D eigenvalue weighted by molar-refractivity contribution is 5.74. The molecule has 8 heteroatoms. The van der Waals surface area contributed by atoms with Gasteiger partial charge in [0, 0.05) is 39.3 Å². The molecule has 2 aliphatic heterocycles. The first-order chi connectivity index (χ1) is 13.6. The van der Waals surface area contributed by atoms with E-state index in [1.807, 2.05) is 28.0 Å². The fourth-order valence-electron chi connectivity index (χ4n) is 3.78. The van der Waals surface area contributed by atoms with E-state index in [2.05, 4.69) is 40.1 Å². The minimum absolute atomic E-state index is 0.0172. The predicted octanol–water partition coefficient (Wildman–Crippen LogP) is 2.43. The molecule has 1 aromatic carbocycles. The van der Waals surface area contributed by atoms with Gasteiger partial charge in [0.25, 0.3) is 0 Å². The lowest BCUT2D eigenvalue weighted by Crippen LogP contribution is -2.45. The van der Waals surface area contributed by atoms with Crippen LogP contribution in [0.2, 0.25) is 0 Å². The zero-order chi connectivity index (χ0) is 19.5. The molecule has 2 aromatic rings. The minimum Gasteiger partial charge on any atom is -0.348 e. The molecule has 4 rings (SSSR count). The third kappa shape index (κ3) is 3.68. The van der Waals surface area contributed by atoms with E-state index < -0.39 is 0 Å². The molecule has 0 bridgehead atoms. The van der Waals surface area contributed by atoms with Gasteiger partial charge in [-0.1, -0.05) is 36.4 Å². The van der Waals surface area contributed by atoms with Gasteiger partial charge in [-0.25, -0.2) is 9.97 Å². The molecule has 0 atom stereocenters. The van der Waals surface area contributed by atoms with E-state index >= 15 is 0 Å². The van der Waals surface area contributed by atoms with Gasteiger partial charge in [-0.2, -0.15) is 0 Å². The fraction of sp³-hybridized carbons (Fsp3) is 0.400. The molecule has 0 amide bonds. The molecule has 28 heavy (non-hydrogen) atoms. The van der Waals surface area contributed by atoms with Crippen molar-refractivity contribution in [3.63, 3.8) is 0 Å². The van der Waals surface area contributed by atoms with Crippen molar-refractivity contribution < 1.29 is 4.92 Å². The number of nitro groups is 1. The van der Waals surface area contributed by atoms with Crippen molar-refractivity contribution in [3.8, 4) is 0 Å². The summed E-state index contributed by atoms with van der Waals surface area (Å²) in [5.74, 6) is 0.846. The molecular formula is C20H24N6O2. The van der Waals surface area contributed by atoms with Crippen molar-refractivity contribution >= 4 is 22.9 Å². The molecule has 146 valence electrons. The Balaban J connectivity index is 1.61.